The summed E-state index contributed by atoms with van der Waals surface area (Å²) in [4.78, 5) is 14.2. The fraction of sp³-hybridized carbons (Fsp3) is 0.917. The van der Waals surface area contributed by atoms with Gasteiger partial charge in [0.1, 0.15) is 0 Å². The Balaban J connectivity index is 2.54. The van der Waals surface area contributed by atoms with Crippen LogP contribution in [0.2, 0.25) is 0 Å². The highest BCUT2D eigenvalue weighted by atomic mass is 32.2. The lowest BCUT2D eigenvalue weighted by Gasteiger charge is -2.25. The van der Waals surface area contributed by atoms with E-state index in [0.717, 1.165) is 25.3 Å². The van der Waals surface area contributed by atoms with E-state index in [4.69, 9.17) is 5.11 Å². The van der Waals surface area contributed by atoms with Crippen molar-refractivity contribution in [1.29, 1.82) is 0 Å². The lowest BCUT2D eigenvalue weighted by molar-refractivity contribution is -0.130. The minimum absolute atomic E-state index is 0.0856. The summed E-state index contributed by atoms with van der Waals surface area (Å²) in [6, 6.07) is 0. The Bertz CT molecular complexity index is 233. The summed E-state index contributed by atoms with van der Waals surface area (Å²) in [5.74, 6) is 1.91. The Morgan fingerprint density at radius 1 is 1.56 bits per heavy atom. The van der Waals surface area contributed by atoms with Crippen LogP contribution in [0.15, 0.2) is 0 Å². The zero-order valence-electron chi connectivity index (χ0n) is 10.5. The third-order valence-electron chi connectivity index (χ3n) is 3.05. The molecule has 3 nitrogen and oxygen atoms in total. The van der Waals surface area contributed by atoms with Crippen LogP contribution in [0.3, 0.4) is 0 Å². The first kappa shape index (κ1) is 13.8. The molecule has 0 aromatic rings. The van der Waals surface area contributed by atoms with Crippen LogP contribution in [-0.4, -0.2) is 46.6 Å². The highest BCUT2D eigenvalue weighted by molar-refractivity contribution is 8.00. The average molecular weight is 245 g/mol. The molecule has 0 aliphatic carbocycles. The van der Waals surface area contributed by atoms with Gasteiger partial charge in [-0.1, -0.05) is 20.8 Å². The Labute approximate surface area is 103 Å². The fourth-order valence-corrected chi connectivity index (χ4v) is 3.13. The molecule has 16 heavy (non-hydrogen) atoms. The summed E-state index contributed by atoms with van der Waals surface area (Å²) >= 11 is 1.73. The van der Waals surface area contributed by atoms with Crippen LogP contribution in [-0.2, 0) is 4.79 Å². The van der Waals surface area contributed by atoms with Gasteiger partial charge in [0, 0.05) is 25.6 Å². The summed E-state index contributed by atoms with van der Waals surface area (Å²) < 4.78 is 0. The van der Waals surface area contributed by atoms with E-state index in [-0.39, 0.29) is 17.8 Å². The second-order valence-electron chi connectivity index (χ2n) is 4.74. The van der Waals surface area contributed by atoms with E-state index in [9.17, 15) is 4.79 Å². The highest BCUT2D eigenvalue weighted by Gasteiger charge is 2.31. The lowest BCUT2D eigenvalue weighted by atomic mass is 10.1. The number of hydrogen-bond acceptors (Lipinski definition) is 3. The molecule has 4 heteroatoms. The van der Waals surface area contributed by atoms with Crippen molar-refractivity contribution in [3.8, 4) is 0 Å². The van der Waals surface area contributed by atoms with Gasteiger partial charge in [-0.05, 0) is 18.1 Å². The van der Waals surface area contributed by atoms with Crippen LogP contribution in [0, 0.1) is 11.8 Å². The molecule has 1 N–H and O–H groups in total. The maximum absolute atomic E-state index is 12.3. The number of carbonyl (C=O) groups excluding carboxylic acids is 1. The van der Waals surface area contributed by atoms with E-state index in [1.807, 2.05) is 4.90 Å². The van der Waals surface area contributed by atoms with Gasteiger partial charge >= 0.3 is 0 Å². The number of aliphatic hydroxyl groups is 1. The van der Waals surface area contributed by atoms with Crippen molar-refractivity contribution in [2.45, 2.75) is 32.4 Å². The molecule has 1 aliphatic rings. The maximum atomic E-state index is 12.3. The molecule has 0 aromatic carbocycles. The molecule has 0 bridgehead atoms. The second-order valence-corrected chi connectivity index (χ2v) is 6.16. The van der Waals surface area contributed by atoms with Gasteiger partial charge < -0.3 is 10.0 Å². The third kappa shape index (κ3) is 3.39. The van der Waals surface area contributed by atoms with Crippen molar-refractivity contribution >= 4 is 17.7 Å². The molecule has 2 unspecified atom stereocenters. The van der Waals surface area contributed by atoms with Crippen LogP contribution in [0.5, 0.6) is 0 Å². The molecule has 0 aromatic heterocycles. The van der Waals surface area contributed by atoms with Gasteiger partial charge in [-0.15, -0.1) is 11.8 Å². The van der Waals surface area contributed by atoms with Crippen molar-refractivity contribution in [3.05, 3.63) is 0 Å². The van der Waals surface area contributed by atoms with E-state index < -0.39 is 0 Å². The predicted octanol–water partition coefficient (Wildman–Crippen LogP) is 1.60. The number of nitrogens with zero attached hydrogens (tertiary/aromatic N) is 1. The van der Waals surface area contributed by atoms with E-state index >= 15 is 0 Å². The molecule has 2 atom stereocenters. The summed E-state index contributed by atoms with van der Waals surface area (Å²) in [5.41, 5.74) is 0. The first-order valence-electron chi connectivity index (χ1n) is 6.11. The minimum Gasteiger partial charge on any atom is -0.396 e. The molecule has 1 fully saturated rings. The van der Waals surface area contributed by atoms with E-state index in [1.165, 1.54) is 0 Å². The van der Waals surface area contributed by atoms with E-state index in [1.54, 1.807) is 11.8 Å². The molecule has 0 saturated carbocycles. The van der Waals surface area contributed by atoms with Crippen LogP contribution in [0.4, 0.5) is 0 Å². The number of carbonyl (C=O) groups is 1. The number of aliphatic hydroxyl groups excluding tert-OH is 1. The Morgan fingerprint density at radius 3 is 2.69 bits per heavy atom. The molecule has 1 heterocycles. The number of amides is 1. The molecule has 1 aliphatic heterocycles. The molecule has 94 valence electrons. The monoisotopic (exact) mass is 245 g/mol. The summed E-state index contributed by atoms with van der Waals surface area (Å²) in [6.45, 7) is 8.06. The zero-order chi connectivity index (χ0) is 12.1. The number of likely N-dealkylation sites (tertiary alicyclic amines) is 1. The molecule has 1 rings (SSSR count). The molecular formula is C12H23NO2S. The van der Waals surface area contributed by atoms with Crippen molar-refractivity contribution < 1.29 is 9.90 Å². The van der Waals surface area contributed by atoms with Gasteiger partial charge in [-0.3, -0.25) is 4.79 Å². The number of thioether (sulfide) groups is 1. The SMILES string of the molecule is CCSC(C(=O)N1CCC(CO)C1)C(C)C. The quantitative estimate of drug-likeness (QED) is 0.800. The summed E-state index contributed by atoms with van der Waals surface area (Å²) in [7, 11) is 0. The normalized spacial score (nSPS) is 22.8. The van der Waals surface area contributed by atoms with Crippen molar-refractivity contribution in [2.75, 3.05) is 25.4 Å². The summed E-state index contributed by atoms with van der Waals surface area (Å²) in [5, 5.41) is 9.16. The Hall–Kier alpha value is -0.220. The minimum atomic E-state index is 0.0856. The number of hydrogen-bond donors (Lipinski definition) is 1. The molecule has 0 radical (unpaired) electrons. The number of rotatable bonds is 5. The molecule has 0 spiro atoms. The van der Waals surface area contributed by atoms with Crippen LogP contribution in [0.25, 0.3) is 0 Å². The Morgan fingerprint density at radius 2 is 2.25 bits per heavy atom. The van der Waals surface area contributed by atoms with Gasteiger partial charge in [-0.2, -0.15) is 0 Å². The van der Waals surface area contributed by atoms with E-state index in [2.05, 4.69) is 20.8 Å². The summed E-state index contributed by atoms with van der Waals surface area (Å²) in [6.07, 6.45) is 0.948. The average Bonchev–Trinajstić information content (AvgIpc) is 2.73. The van der Waals surface area contributed by atoms with Gasteiger partial charge in [0.2, 0.25) is 5.91 Å². The fourth-order valence-electron chi connectivity index (χ4n) is 2.09. The van der Waals surface area contributed by atoms with Crippen molar-refractivity contribution in [3.63, 3.8) is 0 Å². The van der Waals surface area contributed by atoms with E-state index in [0.29, 0.717) is 11.8 Å². The van der Waals surface area contributed by atoms with Crippen molar-refractivity contribution in [1.82, 2.24) is 4.90 Å². The topological polar surface area (TPSA) is 40.5 Å². The smallest absolute Gasteiger partial charge is 0.235 e. The van der Waals surface area contributed by atoms with Gasteiger partial charge in [0.15, 0.2) is 0 Å². The van der Waals surface area contributed by atoms with Gasteiger partial charge in [0.25, 0.3) is 0 Å². The van der Waals surface area contributed by atoms with Crippen LogP contribution in [0.1, 0.15) is 27.2 Å². The molecular weight excluding hydrogens is 222 g/mol. The standard InChI is InChI=1S/C12H23NO2S/c1-4-16-11(9(2)3)12(15)13-6-5-10(7-13)8-14/h9-11,14H,4-8H2,1-3H3. The third-order valence-corrected chi connectivity index (χ3v) is 4.49. The van der Waals surface area contributed by atoms with Crippen molar-refractivity contribution in [2.24, 2.45) is 11.8 Å². The highest BCUT2D eigenvalue weighted by Crippen LogP contribution is 2.25. The van der Waals surface area contributed by atoms with Crippen LogP contribution >= 0.6 is 11.8 Å². The van der Waals surface area contributed by atoms with Gasteiger partial charge in [-0.25, -0.2) is 0 Å². The zero-order valence-corrected chi connectivity index (χ0v) is 11.3. The first-order valence-corrected chi connectivity index (χ1v) is 7.16. The second kappa shape index (κ2) is 6.50. The van der Waals surface area contributed by atoms with Gasteiger partial charge in [0.05, 0.1) is 5.25 Å². The predicted molar refractivity (Wildman–Crippen MR) is 68.5 cm³/mol. The van der Waals surface area contributed by atoms with Crippen LogP contribution < -0.4 is 0 Å². The molecule has 1 saturated heterocycles. The molecule has 1 amide bonds. The maximum Gasteiger partial charge on any atom is 0.235 e. The lowest BCUT2D eigenvalue weighted by Crippen LogP contribution is -2.39. The Kier molecular flexibility index (Phi) is 5.62. The first-order chi connectivity index (χ1) is 7.60. The largest absolute Gasteiger partial charge is 0.396 e.